The number of ether oxygens (including phenoxy) is 2. The zero-order valence-electron chi connectivity index (χ0n) is 9.14. The lowest BCUT2D eigenvalue weighted by molar-refractivity contribution is -0.118. The fourth-order valence-electron chi connectivity index (χ4n) is 1.40. The van der Waals surface area contributed by atoms with Crippen molar-refractivity contribution in [2.75, 3.05) is 19.8 Å². The first kappa shape index (κ1) is 11.2. The molecule has 1 fully saturated rings. The van der Waals surface area contributed by atoms with Crippen molar-refractivity contribution < 1.29 is 18.8 Å². The van der Waals surface area contributed by atoms with Crippen LogP contribution in [0.3, 0.4) is 0 Å². The van der Waals surface area contributed by atoms with Crippen LogP contribution in [0.5, 0.6) is 0 Å². The molecule has 0 N–H and O–H groups in total. The van der Waals surface area contributed by atoms with Crippen LogP contribution in [0.25, 0.3) is 0 Å². The standard InChI is InChI=1S/C10H14N2O4/c1-2-7(13)5-9-11-10(12-16-9)8-6-14-3-4-15-8/h8H,2-6H2,1H3. The molecular formula is C10H14N2O4. The van der Waals surface area contributed by atoms with E-state index >= 15 is 0 Å². The number of hydrogen-bond acceptors (Lipinski definition) is 6. The van der Waals surface area contributed by atoms with Gasteiger partial charge in [0, 0.05) is 6.42 Å². The summed E-state index contributed by atoms with van der Waals surface area (Å²) in [6, 6.07) is 0. The Balaban J connectivity index is 1.98. The van der Waals surface area contributed by atoms with Gasteiger partial charge in [-0.1, -0.05) is 12.1 Å². The molecule has 16 heavy (non-hydrogen) atoms. The van der Waals surface area contributed by atoms with Crippen LogP contribution >= 0.6 is 0 Å². The molecule has 0 spiro atoms. The van der Waals surface area contributed by atoms with E-state index in [1.165, 1.54) is 0 Å². The normalized spacial score (nSPS) is 20.9. The second-order valence-electron chi connectivity index (χ2n) is 3.55. The first-order valence-corrected chi connectivity index (χ1v) is 5.33. The van der Waals surface area contributed by atoms with E-state index in [1.807, 2.05) is 0 Å². The highest BCUT2D eigenvalue weighted by molar-refractivity contribution is 5.79. The molecule has 2 heterocycles. The molecule has 6 nitrogen and oxygen atoms in total. The molecular weight excluding hydrogens is 212 g/mol. The van der Waals surface area contributed by atoms with Gasteiger partial charge in [-0.15, -0.1) is 0 Å². The van der Waals surface area contributed by atoms with Crippen molar-refractivity contribution in [2.45, 2.75) is 25.9 Å². The summed E-state index contributed by atoms with van der Waals surface area (Å²) in [6.45, 7) is 3.36. The van der Waals surface area contributed by atoms with Gasteiger partial charge in [0.15, 0.2) is 0 Å². The zero-order chi connectivity index (χ0) is 11.4. The van der Waals surface area contributed by atoms with Crippen LogP contribution in [0.15, 0.2) is 4.52 Å². The molecule has 88 valence electrons. The van der Waals surface area contributed by atoms with Crippen LogP contribution in [0.1, 0.15) is 31.2 Å². The molecule has 0 bridgehead atoms. The molecule has 1 atom stereocenters. The first-order valence-electron chi connectivity index (χ1n) is 5.33. The van der Waals surface area contributed by atoms with Crippen molar-refractivity contribution in [1.29, 1.82) is 0 Å². The van der Waals surface area contributed by atoms with Crippen molar-refractivity contribution in [3.05, 3.63) is 11.7 Å². The third-order valence-electron chi connectivity index (χ3n) is 2.33. The quantitative estimate of drug-likeness (QED) is 0.751. The average Bonchev–Trinajstić information content (AvgIpc) is 2.78. The number of carbonyl (C=O) groups excluding carboxylic acids is 1. The summed E-state index contributed by atoms with van der Waals surface area (Å²) < 4.78 is 15.6. The van der Waals surface area contributed by atoms with Crippen LogP contribution < -0.4 is 0 Å². The molecule has 6 heteroatoms. The lowest BCUT2D eigenvalue weighted by Gasteiger charge is -2.19. The Bertz CT molecular complexity index is 357. The Morgan fingerprint density at radius 3 is 3.06 bits per heavy atom. The third kappa shape index (κ3) is 2.65. The summed E-state index contributed by atoms with van der Waals surface area (Å²) in [7, 11) is 0. The second-order valence-corrected chi connectivity index (χ2v) is 3.55. The van der Waals surface area contributed by atoms with Gasteiger partial charge < -0.3 is 14.0 Å². The molecule has 0 amide bonds. The monoisotopic (exact) mass is 226 g/mol. The van der Waals surface area contributed by atoms with Crippen molar-refractivity contribution in [3.8, 4) is 0 Å². The zero-order valence-corrected chi connectivity index (χ0v) is 9.14. The molecule has 0 aromatic carbocycles. The van der Waals surface area contributed by atoms with E-state index in [0.29, 0.717) is 38.0 Å². The Morgan fingerprint density at radius 2 is 2.38 bits per heavy atom. The van der Waals surface area contributed by atoms with Crippen molar-refractivity contribution in [3.63, 3.8) is 0 Å². The molecule has 1 aliphatic rings. The SMILES string of the molecule is CCC(=O)Cc1nc(C2COCCO2)no1. The Labute approximate surface area is 92.9 Å². The summed E-state index contributed by atoms with van der Waals surface area (Å²) in [4.78, 5) is 15.3. The van der Waals surface area contributed by atoms with Crippen molar-refractivity contribution in [1.82, 2.24) is 10.1 Å². The number of nitrogens with zero attached hydrogens (tertiary/aromatic N) is 2. The highest BCUT2D eigenvalue weighted by atomic mass is 16.6. The number of carbonyl (C=O) groups is 1. The number of hydrogen-bond donors (Lipinski definition) is 0. The number of rotatable bonds is 4. The fourth-order valence-corrected chi connectivity index (χ4v) is 1.40. The number of ketones is 1. The fraction of sp³-hybridized carbons (Fsp3) is 0.700. The molecule has 2 rings (SSSR count). The maximum Gasteiger partial charge on any atom is 0.234 e. The minimum atomic E-state index is -0.275. The molecule has 0 aliphatic carbocycles. The summed E-state index contributed by atoms with van der Waals surface area (Å²) in [6.07, 6.45) is 0.389. The number of Topliss-reactive ketones (excluding diaryl/α,β-unsaturated/α-hetero) is 1. The predicted octanol–water partition coefficient (Wildman–Crippen LogP) is 0.679. The van der Waals surface area contributed by atoms with E-state index in [2.05, 4.69) is 10.1 Å². The maximum absolute atomic E-state index is 11.2. The molecule has 1 aliphatic heterocycles. The molecule has 1 aromatic rings. The molecule has 0 radical (unpaired) electrons. The Kier molecular flexibility index (Phi) is 3.63. The van der Waals surface area contributed by atoms with Crippen LogP contribution in [0.4, 0.5) is 0 Å². The molecule has 1 saturated heterocycles. The van der Waals surface area contributed by atoms with Gasteiger partial charge in [0.2, 0.25) is 11.7 Å². The van der Waals surface area contributed by atoms with E-state index in [4.69, 9.17) is 14.0 Å². The largest absolute Gasteiger partial charge is 0.376 e. The Morgan fingerprint density at radius 1 is 1.50 bits per heavy atom. The van der Waals surface area contributed by atoms with Gasteiger partial charge in [0.25, 0.3) is 0 Å². The van der Waals surface area contributed by atoms with E-state index in [9.17, 15) is 4.79 Å². The lowest BCUT2D eigenvalue weighted by atomic mass is 10.2. The first-order chi connectivity index (χ1) is 7.79. The minimum absolute atomic E-state index is 0.0796. The van der Waals surface area contributed by atoms with Crippen LogP contribution in [0.2, 0.25) is 0 Å². The van der Waals surface area contributed by atoms with Gasteiger partial charge in [0.05, 0.1) is 26.2 Å². The minimum Gasteiger partial charge on any atom is -0.376 e. The number of aromatic nitrogens is 2. The van der Waals surface area contributed by atoms with Gasteiger partial charge in [-0.3, -0.25) is 4.79 Å². The summed E-state index contributed by atoms with van der Waals surface area (Å²) >= 11 is 0. The highest BCUT2D eigenvalue weighted by Gasteiger charge is 2.22. The van der Waals surface area contributed by atoms with E-state index < -0.39 is 0 Å². The molecule has 1 unspecified atom stereocenters. The summed E-state index contributed by atoms with van der Waals surface area (Å²) in [5.41, 5.74) is 0. The van der Waals surface area contributed by atoms with Crippen LogP contribution in [0, 0.1) is 0 Å². The van der Waals surface area contributed by atoms with E-state index in [-0.39, 0.29) is 18.3 Å². The van der Waals surface area contributed by atoms with Gasteiger partial charge in [-0.2, -0.15) is 4.98 Å². The summed E-state index contributed by atoms with van der Waals surface area (Å²) in [5.74, 6) is 0.880. The third-order valence-corrected chi connectivity index (χ3v) is 2.33. The van der Waals surface area contributed by atoms with Gasteiger partial charge in [-0.25, -0.2) is 0 Å². The topological polar surface area (TPSA) is 74.5 Å². The maximum atomic E-state index is 11.2. The van der Waals surface area contributed by atoms with E-state index in [0.717, 1.165) is 0 Å². The average molecular weight is 226 g/mol. The van der Waals surface area contributed by atoms with Crippen LogP contribution in [-0.2, 0) is 20.7 Å². The van der Waals surface area contributed by atoms with Crippen molar-refractivity contribution in [2.24, 2.45) is 0 Å². The predicted molar refractivity (Wildman–Crippen MR) is 52.8 cm³/mol. The van der Waals surface area contributed by atoms with Crippen LogP contribution in [-0.4, -0.2) is 35.7 Å². The summed E-state index contributed by atoms with van der Waals surface area (Å²) in [5, 5.41) is 3.78. The van der Waals surface area contributed by atoms with E-state index in [1.54, 1.807) is 6.92 Å². The van der Waals surface area contributed by atoms with Gasteiger partial charge in [0.1, 0.15) is 11.9 Å². The lowest BCUT2D eigenvalue weighted by Crippen LogP contribution is -2.22. The van der Waals surface area contributed by atoms with Gasteiger partial charge >= 0.3 is 0 Å². The van der Waals surface area contributed by atoms with Crippen molar-refractivity contribution >= 4 is 5.78 Å². The Hall–Kier alpha value is -1.27. The van der Waals surface area contributed by atoms with Gasteiger partial charge in [-0.05, 0) is 0 Å². The second kappa shape index (κ2) is 5.18. The molecule has 0 saturated carbocycles. The molecule has 1 aromatic heterocycles. The smallest absolute Gasteiger partial charge is 0.234 e. The highest BCUT2D eigenvalue weighted by Crippen LogP contribution is 2.17.